The minimum Gasteiger partial charge on any atom is -0.616 e. The van der Waals surface area contributed by atoms with Crippen LogP contribution in [0.15, 0.2) is 24.5 Å². The van der Waals surface area contributed by atoms with Gasteiger partial charge >= 0.3 is 0 Å². The number of pyridine rings is 1. The largest absolute Gasteiger partial charge is 0.616 e. The Kier molecular flexibility index (Phi) is 3.23. The highest BCUT2D eigenvalue weighted by molar-refractivity contribution is 7.91. The van der Waals surface area contributed by atoms with Crippen LogP contribution in [-0.2, 0) is 17.7 Å². The highest BCUT2D eigenvalue weighted by Gasteiger charge is 2.06. The molecule has 2 rings (SSSR count). The molecule has 0 spiro atoms. The lowest BCUT2D eigenvalue weighted by atomic mass is 10.4. The monoisotopic (exact) mass is 223 g/mol. The van der Waals surface area contributed by atoms with Crippen LogP contribution in [-0.4, -0.2) is 30.8 Å². The first-order chi connectivity index (χ1) is 7.31. The van der Waals surface area contributed by atoms with Crippen molar-refractivity contribution in [3.63, 3.8) is 0 Å². The Morgan fingerprint density at radius 1 is 1.53 bits per heavy atom. The SMILES string of the molecule is CC[S+]([O-])CCn1ncc2ncccc21. The molecule has 0 aromatic carbocycles. The molecule has 2 aromatic heterocycles. The van der Waals surface area contributed by atoms with Gasteiger partial charge in [-0.05, 0) is 19.1 Å². The van der Waals surface area contributed by atoms with Crippen LogP contribution >= 0.6 is 0 Å². The molecule has 0 N–H and O–H groups in total. The molecular formula is C10H13N3OS. The van der Waals surface area contributed by atoms with E-state index >= 15 is 0 Å². The Bertz CT molecular complexity index is 443. The van der Waals surface area contributed by atoms with Crippen LogP contribution in [0.2, 0.25) is 0 Å². The molecule has 80 valence electrons. The zero-order valence-electron chi connectivity index (χ0n) is 8.59. The zero-order valence-corrected chi connectivity index (χ0v) is 9.41. The van der Waals surface area contributed by atoms with Gasteiger partial charge in [-0.2, -0.15) is 5.10 Å². The van der Waals surface area contributed by atoms with E-state index in [1.54, 1.807) is 12.4 Å². The quantitative estimate of drug-likeness (QED) is 0.732. The van der Waals surface area contributed by atoms with Crippen LogP contribution < -0.4 is 0 Å². The Hall–Kier alpha value is -1.07. The number of hydrogen-bond donors (Lipinski definition) is 0. The number of hydrogen-bond acceptors (Lipinski definition) is 3. The lowest BCUT2D eigenvalue weighted by Gasteiger charge is -2.08. The minimum absolute atomic E-state index is 0.655. The molecule has 0 fully saturated rings. The normalized spacial score (nSPS) is 13.2. The van der Waals surface area contributed by atoms with E-state index in [9.17, 15) is 4.55 Å². The molecule has 0 amide bonds. The van der Waals surface area contributed by atoms with Crippen molar-refractivity contribution in [1.29, 1.82) is 0 Å². The summed E-state index contributed by atoms with van der Waals surface area (Å²) in [7, 11) is 0. The fraction of sp³-hybridized carbons (Fsp3) is 0.400. The standard InChI is InChI=1S/C10H13N3OS/c1-2-15(14)7-6-13-10-4-3-5-11-9(10)8-12-13/h3-5,8H,2,6-7H2,1H3. The molecule has 15 heavy (non-hydrogen) atoms. The van der Waals surface area contributed by atoms with Crippen molar-refractivity contribution < 1.29 is 4.55 Å². The Balaban J connectivity index is 2.14. The molecule has 0 aliphatic heterocycles. The number of aryl methyl sites for hydroxylation is 1. The fourth-order valence-electron chi connectivity index (χ4n) is 1.42. The predicted octanol–water partition coefficient (Wildman–Crippen LogP) is 1.20. The van der Waals surface area contributed by atoms with Crippen LogP contribution in [0.4, 0.5) is 0 Å². The van der Waals surface area contributed by atoms with Gasteiger partial charge in [0.25, 0.3) is 0 Å². The summed E-state index contributed by atoms with van der Waals surface area (Å²) in [6, 6.07) is 3.86. The first-order valence-electron chi connectivity index (χ1n) is 4.92. The van der Waals surface area contributed by atoms with E-state index in [1.807, 2.05) is 23.7 Å². The summed E-state index contributed by atoms with van der Waals surface area (Å²) in [6.45, 7) is 2.62. The fourth-order valence-corrected chi connectivity index (χ4v) is 2.09. The third kappa shape index (κ3) is 2.30. The molecule has 2 aromatic rings. The van der Waals surface area contributed by atoms with Crippen molar-refractivity contribution in [1.82, 2.24) is 14.8 Å². The van der Waals surface area contributed by atoms with Crippen molar-refractivity contribution >= 4 is 22.2 Å². The zero-order chi connectivity index (χ0) is 10.7. The molecule has 1 unspecified atom stereocenters. The topological polar surface area (TPSA) is 53.8 Å². The third-order valence-corrected chi connectivity index (χ3v) is 3.55. The summed E-state index contributed by atoms with van der Waals surface area (Å²) in [6.07, 6.45) is 3.49. The third-order valence-electron chi connectivity index (χ3n) is 2.27. The van der Waals surface area contributed by atoms with E-state index in [1.165, 1.54) is 0 Å². The van der Waals surface area contributed by atoms with Gasteiger partial charge in [-0.3, -0.25) is 9.67 Å². The first-order valence-corrected chi connectivity index (χ1v) is 6.41. The molecule has 0 bridgehead atoms. The highest BCUT2D eigenvalue weighted by atomic mass is 32.2. The van der Waals surface area contributed by atoms with Crippen LogP contribution in [0.5, 0.6) is 0 Å². The molecule has 2 heterocycles. The lowest BCUT2D eigenvalue weighted by Crippen LogP contribution is -2.15. The number of fused-ring (bicyclic) bond motifs is 1. The van der Waals surface area contributed by atoms with E-state index in [0.717, 1.165) is 11.0 Å². The minimum atomic E-state index is -0.736. The summed E-state index contributed by atoms with van der Waals surface area (Å²) >= 11 is -0.736. The van der Waals surface area contributed by atoms with Gasteiger partial charge in [-0.15, -0.1) is 0 Å². The highest BCUT2D eigenvalue weighted by Crippen LogP contribution is 2.09. The molecule has 0 saturated carbocycles. The summed E-state index contributed by atoms with van der Waals surface area (Å²) in [5, 5.41) is 4.22. The maximum absolute atomic E-state index is 11.3. The molecule has 0 radical (unpaired) electrons. The second kappa shape index (κ2) is 4.63. The average molecular weight is 223 g/mol. The molecule has 1 atom stereocenters. The first kappa shape index (κ1) is 10.4. The van der Waals surface area contributed by atoms with E-state index in [4.69, 9.17) is 0 Å². The summed E-state index contributed by atoms with van der Waals surface area (Å²) < 4.78 is 13.2. The van der Waals surface area contributed by atoms with Gasteiger partial charge < -0.3 is 4.55 Å². The van der Waals surface area contributed by atoms with E-state index in [2.05, 4.69) is 10.1 Å². The van der Waals surface area contributed by atoms with Gasteiger partial charge in [-0.1, -0.05) is 11.2 Å². The predicted molar refractivity (Wildman–Crippen MR) is 61.1 cm³/mol. The molecule has 0 saturated heterocycles. The lowest BCUT2D eigenvalue weighted by molar-refractivity contribution is 0.584. The van der Waals surface area contributed by atoms with Gasteiger partial charge in [-0.25, -0.2) is 0 Å². The Morgan fingerprint density at radius 2 is 2.40 bits per heavy atom. The maximum atomic E-state index is 11.3. The van der Waals surface area contributed by atoms with Crippen molar-refractivity contribution in [2.45, 2.75) is 13.5 Å². The van der Waals surface area contributed by atoms with Crippen molar-refractivity contribution in [2.24, 2.45) is 0 Å². The van der Waals surface area contributed by atoms with E-state index in [0.29, 0.717) is 18.1 Å². The molecule has 0 aliphatic rings. The van der Waals surface area contributed by atoms with Gasteiger partial charge in [0.2, 0.25) is 0 Å². The second-order valence-electron chi connectivity index (χ2n) is 3.21. The van der Waals surface area contributed by atoms with E-state index in [-0.39, 0.29) is 0 Å². The van der Waals surface area contributed by atoms with Gasteiger partial charge in [0.1, 0.15) is 17.0 Å². The van der Waals surface area contributed by atoms with Crippen molar-refractivity contribution in [3.05, 3.63) is 24.5 Å². The number of nitrogens with zero attached hydrogens (tertiary/aromatic N) is 3. The van der Waals surface area contributed by atoms with Crippen LogP contribution in [0, 0.1) is 0 Å². The van der Waals surface area contributed by atoms with Crippen LogP contribution in [0.3, 0.4) is 0 Å². The summed E-state index contributed by atoms with van der Waals surface area (Å²) in [5.41, 5.74) is 1.89. The molecule has 0 aliphatic carbocycles. The Morgan fingerprint density at radius 3 is 3.20 bits per heavy atom. The van der Waals surface area contributed by atoms with Crippen LogP contribution in [0.1, 0.15) is 6.92 Å². The van der Waals surface area contributed by atoms with E-state index < -0.39 is 11.2 Å². The number of aromatic nitrogens is 3. The van der Waals surface area contributed by atoms with Crippen molar-refractivity contribution in [3.8, 4) is 0 Å². The summed E-state index contributed by atoms with van der Waals surface area (Å²) in [4.78, 5) is 4.19. The Labute approximate surface area is 91.5 Å². The molecule has 5 heteroatoms. The smallest absolute Gasteiger partial charge is 0.125 e. The summed E-state index contributed by atoms with van der Waals surface area (Å²) in [5.74, 6) is 1.36. The maximum Gasteiger partial charge on any atom is 0.125 e. The average Bonchev–Trinajstić information content (AvgIpc) is 2.69. The second-order valence-corrected chi connectivity index (χ2v) is 5.07. The molecule has 4 nitrogen and oxygen atoms in total. The van der Waals surface area contributed by atoms with Gasteiger partial charge in [0.05, 0.1) is 18.3 Å². The van der Waals surface area contributed by atoms with Crippen molar-refractivity contribution in [2.75, 3.05) is 11.5 Å². The van der Waals surface area contributed by atoms with Crippen LogP contribution in [0.25, 0.3) is 11.0 Å². The van der Waals surface area contributed by atoms with Gasteiger partial charge in [0, 0.05) is 6.20 Å². The molecular weight excluding hydrogens is 210 g/mol. The van der Waals surface area contributed by atoms with Gasteiger partial charge in [0.15, 0.2) is 0 Å². The number of rotatable bonds is 4.